The smallest absolute Gasteiger partial charge is 0.0931 e. The predicted octanol–water partition coefficient (Wildman–Crippen LogP) is 3.54. The zero-order valence-electron chi connectivity index (χ0n) is 11.9. The van der Waals surface area contributed by atoms with Gasteiger partial charge in [-0.1, -0.05) is 26.7 Å². The minimum atomic E-state index is -0.487. The minimum absolute atomic E-state index is 0.487. The number of pyridine rings is 1. The number of rotatable bonds is 8. The third-order valence-electron chi connectivity index (χ3n) is 3.13. The van der Waals surface area contributed by atoms with Gasteiger partial charge in [-0.05, 0) is 31.9 Å². The van der Waals surface area contributed by atoms with E-state index in [4.69, 9.17) is 0 Å². The van der Waals surface area contributed by atoms with Gasteiger partial charge in [0.25, 0.3) is 0 Å². The molecule has 0 amide bonds. The van der Waals surface area contributed by atoms with Gasteiger partial charge in [0.05, 0.1) is 23.7 Å². The second-order valence-corrected chi connectivity index (χ2v) is 4.81. The fraction of sp³-hybridized carbons (Fsp3) is 0.667. The number of hydrogen-bond acceptors (Lipinski definition) is 3. The molecule has 0 aliphatic rings. The van der Waals surface area contributed by atoms with Gasteiger partial charge in [-0.3, -0.25) is 4.98 Å². The number of aliphatic hydroxyl groups excluding tert-OH is 1. The van der Waals surface area contributed by atoms with Crippen LogP contribution in [0.3, 0.4) is 0 Å². The van der Waals surface area contributed by atoms with Crippen LogP contribution >= 0.6 is 0 Å². The maximum absolute atomic E-state index is 9.46. The molecular weight excluding hydrogens is 224 g/mol. The summed E-state index contributed by atoms with van der Waals surface area (Å²) < 4.78 is 0. The summed E-state index contributed by atoms with van der Waals surface area (Å²) in [6.45, 7) is 8.35. The van der Waals surface area contributed by atoms with E-state index in [0.29, 0.717) is 0 Å². The molecular formula is C15H26N2O. The van der Waals surface area contributed by atoms with Crippen LogP contribution in [0, 0.1) is 0 Å². The van der Waals surface area contributed by atoms with Crippen molar-refractivity contribution in [3.8, 4) is 0 Å². The lowest BCUT2D eigenvalue weighted by Crippen LogP contribution is -2.25. The average Bonchev–Trinajstić information content (AvgIpc) is 2.39. The molecule has 0 bridgehead atoms. The molecule has 1 atom stereocenters. The highest BCUT2D eigenvalue weighted by atomic mass is 16.3. The van der Waals surface area contributed by atoms with Crippen LogP contribution in [0.1, 0.15) is 58.3 Å². The number of unbranched alkanes of at least 4 members (excludes halogenated alkanes) is 2. The first-order valence-corrected chi connectivity index (χ1v) is 7.08. The average molecular weight is 250 g/mol. The standard InChI is InChI=1S/C15H26N2O/c1-4-6-10-17(11-7-5-2)14-8-9-15(13(3)18)16-12-14/h8-9,12-13,18H,4-7,10-11H2,1-3H3/t13-/m1/s1. The fourth-order valence-corrected chi connectivity index (χ4v) is 1.90. The van der Waals surface area contributed by atoms with Gasteiger partial charge in [0.1, 0.15) is 0 Å². The van der Waals surface area contributed by atoms with E-state index in [9.17, 15) is 5.11 Å². The van der Waals surface area contributed by atoms with Crippen LogP contribution in [0.4, 0.5) is 5.69 Å². The minimum Gasteiger partial charge on any atom is -0.387 e. The lowest BCUT2D eigenvalue weighted by Gasteiger charge is -2.24. The van der Waals surface area contributed by atoms with Gasteiger partial charge in [0.2, 0.25) is 0 Å². The molecule has 0 aliphatic carbocycles. The van der Waals surface area contributed by atoms with Crippen LogP contribution in [0.2, 0.25) is 0 Å². The van der Waals surface area contributed by atoms with Crippen molar-refractivity contribution in [1.82, 2.24) is 4.98 Å². The third-order valence-corrected chi connectivity index (χ3v) is 3.13. The number of aromatic nitrogens is 1. The summed E-state index contributed by atoms with van der Waals surface area (Å²) in [5.74, 6) is 0. The van der Waals surface area contributed by atoms with Crippen LogP contribution < -0.4 is 4.90 Å². The van der Waals surface area contributed by atoms with Gasteiger partial charge in [-0.2, -0.15) is 0 Å². The molecule has 1 aromatic heterocycles. The molecule has 1 N–H and O–H groups in total. The van der Waals surface area contributed by atoms with Crippen molar-refractivity contribution in [2.45, 2.75) is 52.6 Å². The molecule has 0 saturated carbocycles. The van der Waals surface area contributed by atoms with E-state index in [1.165, 1.54) is 31.4 Å². The van der Waals surface area contributed by atoms with Crippen molar-refractivity contribution < 1.29 is 5.11 Å². The Kier molecular flexibility index (Phi) is 6.73. The molecule has 0 spiro atoms. The lowest BCUT2D eigenvalue weighted by molar-refractivity contribution is 0.194. The molecule has 1 rings (SSSR count). The van der Waals surface area contributed by atoms with Gasteiger partial charge in [-0.15, -0.1) is 0 Å². The van der Waals surface area contributed by atoms with Gasteiger partial charge in [0.15, 0.2) is 0 Å². The Bertz CT molecular complexity index is 314. The van der Waals surface area contributed by atoms with Crippen LogP contribution in [0.5, 0.6) is 0 Å². The normalized spacial score (nSPS) is 12.4. The summed E-state index contributed by atoms with van der Waals surface area (Å²) in [5, 5.41) is 9.46. The summed E-state index contributed by atoms with van der Waals surface area (Å²) in [4.78, 5) is 6.72. The van der Waals surface area contributed by atoms with Crippen molar-refractivity contribution in [3.05, 3.63) is 24.0 Å². The third kappa shape index (κ3) is 4.65. The quantitative estimate of drug-likeness (QED) is 0.766. The summed E-state index contributed by atoms with van der Waals surface area (Å²) >= 11 is 0. The van der Waals surface area contributed by atoms with Crippen LogP contribution in [0.25, 0.3) is 0 Å². The zero-order valence-corrected chi connectivity index (χ0v) is 11.9. The molecule has 0 saturated heterocycles. The zero-order chi connectivity index (χ0) is 13.4. The first-order chi connectivity index (χ1) is 8.69. The Morgan fingerprint density at radius 1 is 1.17 bits per heavy atom. The van der Waals surface area contributed by atoms with Gasteiger partial charge < -0.3 is 10.0 Å². The molecule has 0 aromatic carbocycles. The molecule has 0 aliphatic heterocycles. The van der Waals surface area contributed by atoms with E-state index in [1.54, 1.807) is 6.92 Å². The maximum atomic E-state index is 9.46. The van der Waals surface area contributed by atoms with E-state index in [1.807, 2.05) is 12.3 Å². The van der Waals surface area contributed by atoms with Gasteiger partial charge in [0, 0.05) is 13.1 Å². The van der Waals surface area contributed by atoms with Crippen molar-refractivity contribution in [2.75, 3.05) is 18.0 Å². The van der Waals surface area contributed by atoms with E-state index in [0.717, 1.165) is 18.8 Å². The molecule has 0 fully saturated rings. The largest absolute Gasteiger partial charge is 0.387 e. The molecule has 102 valence electrons. The molecule has 1 aromatic rings. The monoisotopic (exact) mass is 250 g/mol. The van der Waals surface area contributed by atoms with Crippen molar-refractivity contribution >= 4 is 5.69 Å². The Balaban J connectivity index is 2.70. The van der Waals surface area contributed by atoms with Crippen molar-refractivity contribution in [1.29, 1.82) is 0 Å². The molecule has 0 radical (unpaired) electrons. The highest BCUT2D eigenvalue weighted by Gasteiger charge is 2.07. The van der Waals surface area contributed by atoms with Crippen molar-refractivity contribution in [2.24, 2.45) is 0 Å². The van der Waals surface area contributed by atoms with Crippen LogP contribution in [-0.2, 0) is 0 Å². The Hall–Kier alpha value is -1.09. The number of hydrogen-bond donors (Lipinski definition) is 1. The summed E-state index contributed by atoms with van der Waals surface area (Å²) in [6, 6.07) is 3.99. The van der Waals surface area contributed by atoms with Crippen LogP contribution in [0.15, 0.2) is 18.3 Å². The highest BCUT2D eigenvalue weighted by molar-refractivity contribution is 5.44. The summed E-state index contributed by atoms with van der Waals surface area (Å²) in [6.07, 6.45) is 6.24. The van der Waals surface area contributed by atoms with Gasteiger partial charge in [-0.25, -0.2) is 0 Å². The second-order valence-electron chi connectivity index (χ2n) is 4.81. The molecule has 3 heteroatoms. The first kappa shape index (κ1) is 15.0. The predicted molar refractivity (Wildman–Crippen MR) is 76.9 cm³/mol. The van der Waals surface area contributed by atoms with Crippen LogP contribution in [-0.4, -0.2) is 23.2 Å². The van der Waals surface area contributed by atoms with E-state index in [2.05, 4.69) is 29.8 Å². The number of nitrogens with zero attached hydrogens (tertiary/aromatic N) is 2. The SMILES string of the molecule is CCCCN(CCCC)c1ccc([C@@H](C)O)nc1. The Morgan fingerprint density at radius 2 is 1.78 bits per heavy atom. The molecule has 0 unspecified atom stereocenters. The first-order valence-electron chi connectivity index (χ1n) is 7.08. The lowest BCUT2D eigenvalue weighted by atomic mass is 10.2. The Labute approximate surface area is 111 Å². The van der Waals surface area contributed by atoms with E-state index >= 15 is 0 Å². The number of anilines is 1. The van der Waals surface area contributed by atoms with Gasteiger partial charge >= 0.3 is 0 Å². The molecule has 3 nitrogen and oxygen atoms in total. The van der Waals surface area contributed by atoms with Crippen molar-refractivity contribution in [3.63, 3.8) is 0 Å². The van der Waals surface area contributed by atoms with E-state index < -0.39 is 6.10 Å². The molecule has 18 heavy (non-hydrogen) atoms. The fourth-order valence-electron chi connectivity index (χ4n) is 1.90. The summed E-state index contributed by atoms with van der Waals surface area (Å²) in [7, 11) is 0. The summed E-state index contributed by atoms with van der Waals surface area (Å²) in [5.41, 5.74) is 1.91. The topological polar surface area (TPSA) is 36.4 Å². The number of aliphatic hydroxyl groups is 1. The molecule has 1 heterocycles. The maximum Gasteiger partial charge on any atom is 0.0931 e. The second kappa shape index (κ2) is 8.09. The Morgan fingerprint density at radius 3 is 2.17 bits per heavy atom. The highest BCUT2D eigenvalue weighted by Crippen LogP contribution is 2.17. The van der Waals surface area contributed by atoms with E-state index in [-0.39, 0.29) is 0 Å².